The predicted molar refractivity (Wildman–Crippen MR) is 591 cm³/mol. The van der Waals surface area contributed by atoms with E-state index < -0.39 is 0 Å². The molecular weight excluding hydrogens is 1780 g/mol. The highest BCUT2D eigenvalue weighted by atomic mass is 16.5. The second kappa shape index (κ2) is 80.5. The van der Waals surface area contributed by atoms with Gasteiger partial charge in [0.15, 0.2) is 0 Å². The average molecular weight is 1980 g/mol. The van der Waals surface area contributed by atoms with Crippen molar-refractivity contribution in [3.8, 4) is 0 Å². The molecule has 0 aromatic rings. The summed E-state index contributed by atoms with van der Waals surface area (Å²) >= 11 is 0. The van der Waals surface area contributed by atoms with E-state index in [1.165, 1.54) is 180 Å². The lowest BCUT2D eigenvalue weighted by molar-refractivity contribution is -0.128. The van der Waals surface area contributed by atoms with Gasteiger partial charge >= 0.3 is 0 Å². The molecule has 22 heteroatoms. The molecule has 7 aliphatic heterocycles. The number of hydrogen-bond donors (Lipinski definition) is 8. The van der Waals surface area contributed by atoms with Crippen LogP contribution in [0.1, 0.15) is 353 Å². The van der Waals surface area contributed by atoms with Crippen LogP contribution in [0.3, 0.4) is 0 Å². The predicted octanol–water partition coefficient (Wildman–Crippen LogP) is 26.3. The number of carbonyl (C=O) groups is 7. The number of unbranched alkanes of at least 4 members (excludes halogenated alkanes) is 29. The minimum atomic E-state index is -0.361. The molecule has 6 unspecified atom stereocenters. The van der Waals surface area contributed by atoms with Gasteiger partial charge in [-0.05, 0) is 90.4 Å². The number of rotatable bonds is 64. The molecule has 0 saturated carbocycles. The second-order valence-corrected chi connectivity index (χ2v) is 38.2. The molecule has 22 nitrogen and oxygen atoms in total. The number of amides is 7. The van der Waals surface area contributed by atoms with Gasteiger partial charge in [0.2, 0.25) is 35.4 Å². The van der Waals surface area contributed by atoms with E-state index in [0.717, 1.165) is 119 Å². The first-order valence-electron chi connectivity index (χ1n) is 54.0. The van der Waals surface area contributed by atoms with E-state index in [0.29, 0.717) is 90.4 Å². The first kappa shape index (κ1) is 132. The summed E-state index contributed by atoms with van der Waals surface area (Å²) in [6.07, 6.45) is 59.7. The van der Waals surface area contributed by atoms with E-state index in [4.69, 9.17) is 38.3 Å². The molecule has 7 aliphatic rings. The summed E-state index contributed by atoms with van der Waals surface area (Å²) < 4.78 is 40.2. The Morgan fingerprint density at radius 2 is 0.507 bits per heavy atom. The molecule has 6 saturated heterocycles. The van der Waals surface area contributed by atoms with E-state index in [-0.39, 0.29) is 152 Å². The Bertz CT molecular complexity index is 3870. The standard InChI is InChI=1S/2C18H31NO2.2C18H29NO2.C17H29NO3.C16H25NO2.C14H21NO2.CH4/c4*1-5-7-8-9-10-11-12-16-17(14(3)15(4)21-16)18(20)19-13-6-2;1-4-5-6-7-8-9-10-15-16(13(2)14(3)21-15)17(20)18-11-12-19;1-5-7-8-9-10-14-15(12(3)13(4)19-14)16(18)17-11-6-2;1-5-7-8-12-13(10(3)11(4)17-12)14(16)15-9-6-2;/h2*6,14,16-17H,2,4-5,7-13H2,1,3H3,(H,19,20);6,16H,2,4-5,7-13H2,1,3H3,(H,19,20);6,16-17H,2-5,7-13H2,1H3,(H,19,20);15-16,19H,2-12H2,1H3,(H,18,20);6,14-15H,2-5,7-11H2,1H3,(H,17,18);6,12-13H,2-5,7-9H2,1H3,(H,15,16);1H4/t14-,16+,17?;14-,16-,17?;16-;16-,17?;15-,16?;14-,15?;12-,13?;/m0111111./s1. The molecule has 0 aromatic carbocycles. The van der Waals surface area contributed by atoms with Crippen molar-refractivity contribution in [1.82, 2.24) is 37.2 Å². The highest BCUT2D eigenvalue weighted by Gasteiger charge is 2.46. The molecule has 6 fully saturated rings. The first-order valence-corrected chi connectivity index (χ1v) is 54.0. The minimum Gasteiger partial charge on any atom is -0.494 e. The molecule has 0 bridgehead atoms. The molecule has 7 rings (SSSR count). The summed E-state index contributed by atoms with van der Waals surface area (Å²) in [7, 11) is 0. The van der Waals surface area contributed by atoms with Crippen LogP contribution >= 0.6 is 0 Å². The SMILES string of the molecule is C.C=C1O[C@H](CCCCCCCC)C(C(=O)NCCO)C1=C.C=CCNC(=O)C1=C(C)C(=C)O[C@@H]1CCCCCCCC.C=CCNC(=O)C1C(=C)C(=C)O[C@@H]1CCCC.C=CCNC(=O)C1C(=C)C(=C)O[C@@H]1CCCCCC.C=CCNC(=O)C1C(=C)C(=C)O[C@@H]1CCCCCCCC.C=CCNC(=O)C1[C@@H](CCCCCCCC)OC(=C)[C@@H]1C.C=CCNC(=O)C1[C@H](C)C(=C)O[C@@H]1CCCCCCCC. The topological polar surface area (TPSA) is 289 Å². The Kier molecular flexibility index (Phi) is 74.9. The first-order chi connectivity index (χ1) is 67.8. The fourth-order valence-corrected chi connectivity index (χ4v) is 18.2. The van der Waals surface area contributed by atoms with Crippen molar-refractivity contribution >= 4 is 41.4 Å². The van der Waals surface area contributed by atoms with Crippen LogP contribution in [0.25, 0.3) is 0 Å². The smallest absolute Gasteiger partial charge is 0.251 e. The van der Waals surface area contributed by atoms with E-state index in [1.807, 2.05) is 20.8 Å². The van der Waals surface area contributed by atoms with Gasteiger partial charge in [0.1, 0.15) is 95.2 Å². The van der Waals surface area contributed by atoms with Gasteiger partial charge < -0.3 is 75.5 Å². The van der Waals surface area contributed by atoms with E-state index in [2.05, 4.69) is 198 Å². The summed E-state index contributed by atoms with van der Waals surface area (Å²) in [5, 5.41) is 28.6. The van der Waals surface area contributed by atoms with Crippen molar-refractivity contribution < 1.29 is 71.8 Å². The van der Waals surface area contributed by atoms with Crippen molar-refractivity contribution in [2.45, 2.75) is 395 Å². The summed E-state index contributed by atoms with van der Waals surface area (Å²) in [6.45, 7) is 88.9. The quantitative estimate of drug-likeness (QED) is 0.0207. The van der Waals surface area contributed by atoms with Crippen LogP contribution in [0.2, 0.25) is 0 Å². The second-order valence-electron chi connectivity index (χ2n) is 38.2. The lowest BCUT2D eigenvalue weighted by Gasteiger charge is -2.19. The highest BCUT2D eigenvalue weighted by Crippen LogP contribution is 2.43. The Morgan fingerprint density at radius 1 is 0.282 bits per heavy atom. The maximum Gasteiger partial charge on any atom is 0.251 e. The summed E-state index contributed by atoms with van der Waals surface area (Å²) in [5.74, 6) is 2.90. The van der Waals surface area contributed by atoms with Gasteiger partial charge in [0.05, 0.1) is 35.5 Å². The van der Waals surface area contributed by atoms with Crippen molar-refractivity contribution in [2.75, 3.05) is 52.4 Å². The summed E-state index contributed by atoms with van der Waals surface area (Å²) in [6, 6.07) is 0. The largest absolute Gasteiger partial charge is 0.494 e. The Labute approximate surface area is 862 Å². The number of hydrogen-bond acceptors (Lipinski definition) is 15. The molecule has 8 N–H and O–H groups in total. The van der Waals surface area contributed by atoms with Crippen LogP contribution in [-0.4, -0.2) is 142 Å². The fourth-order valence-electron chi connectivity index (χ4n) is 18.2. The Morgan fingerprint density at radius 3 is 0.775 bits per heavy atom. The molecule has 0 aliphatic carbocycles. The van der Waals surface area contributed by atoms with E-state index in [9.17, 15) is 33.6 Å². The van der Waals surface area contributed by atoms with Gasteiger partial charge in [0.25, 0.3) is 5.91 Å². The lowest BCUT2D eigenvalue weighted by Crippen LogP contribution is -2.37. The average Bonchev–Trinajstić information content (AvgIpc) is 1.72. The van der Waals surface area contributed by atoms with Gasteiger partial charge in [0, 0.05) is 85.5 Å². The van der Waals surface area contributed by atoms with Crippen LogP contribution in [0.15, 0.2) is 222 Å². The zero-order valence-electron chi connectivity index (χ0n) is 89.9. The van der Waals surface area contributed by atoms with Crippen LogP contribution in [-0.2, 0) is 66.7 Å². The number of ether oxygens (including phenoxy) is 7. The Hall–Kier alpha value is -9.83. The molecule has 0 aromatic heterocycles. The minimum absolute atomic E-state index is 0. The zero-order valence-corrected chi connectivity index (χ0v) is 89.9. The molecule has 0 spiro atoms. The fraction of sp³-hybridized carbons (Fsp3) is 0.642. The molecule has 0 radical (unpaired) electrons. The lowest BCUT2D eigenvalue weighted by atomic mass is 9.87. The third kappa shape index (κ3) is 50.1. The molecule has 7 heterocycles. The normalized spacial score (nSPS) is 22.0. The van der Waals surface area contributed by atoms with E-state index >= 15 is 0 Å². The number of aliphatic hydroxyl groups is 1. The maximum atomic E-state index is 12.3. The molecule has 804 valence electrons. The van der Waals surface area contributed by atoms with Gasteiger partial charge in [-0.2, -0.15) is 0 Å². The molecular formula is C120H199N7O15. The number of carbonyl (C=O) groups excluding carboxylic acids is 7. The van der Waals surface area contributed by atoms with Crippen LogP contribution in [0, 0.1) is 47.3 Å². The molecule has 7 amide bonds. The van der Waals surface area contributed by atoms with Gasteiger partial charge in [-0.1, -0.05) is 371 Å². The van der Waals surface area contributed by atoms with Crippen molar-refractivity contribution in [3.63, 3.8) is 0 Å². The summed E-state index contributed by atoms with van der Waals surface area (Å²) in [4.78, 5) is 85.2. The monoisotopic (exact) mass is 1980 g/mol. The van der Waals surface area contributed by atoms with Gasteiger partial charge in [-0.3, -0.25) is 33.6 Å². The van der Waals surface area contributed by atoms with Crippen molar-refractivity contribution in [1.29, 1.82) is 0 Å². The third-order valence-corrected chi connectivity index (χ3v) is 26.8. The number of aliphatic hydroxyl groups excluding tert-OH is 1. The highest BCUT2D eigenvalue weighted by molar-refractivity contribution is 5.96. The van der Waals surface area contributed by atoms with Gasteiger partial charge in [-0.15, -0.1) is 39.5 Å². The van der Waals surface area contributed by atoms with Crippen molar-refractivity contribution in [2.24, 2.45) is 47.3 Å². The number of nitrogens with one attached hydrogen (secondary N) is 7. The van der Waals surface area contributed by atoms with Crippen LogP contribution in [0.5, 0.6) is 0 Å². The zero-order chi connectivity index (χ0) is 105. The van der Waals surface area contributed by atoms with E-state index in [1.54, 1.807) is 36.5 Å². The van der Waals surface area contributed by atoms with Crippen molar-refractivity contribution in [3.05, 3.63) is 222 Å². The summed E-state index contributed by atoms with van der Waals surface area (Å²) in [5.41, 5.74) is 4.42. The molecule has 15 atom stereocenters. The van der Waals surface area contributed by atoms with Gasteiger partial charge in [-0.25, -0.2) is 0 Å². The van der Waals surface area contributed by atoms with Crippen LogP contribution < -0.4 is 37.2 Å². The number of allylic oxidation sites excluding steroid dienone is 7. The third-order valence-electron chi connectivity index (χ3n) is 26.8. The molecule has 142 heavy (non-hydrogen) atoms. The Balaban J connectivity index is 0.00000163. The maximum absolute atomic E-state index is 12.3. The van der Waals surface area contributed by atoms with Crippen LogP contribution in [0.4, 0.5) is 0 Å².